The molecule has 2 rings (SSSR count). The van der Waals surface area contributed by atoms with Crippen LogP contribution in [0.2, 0.25) is 5.02 Å². The molecule has 2 aromatic carbocycles. The molecule has 1 unspecified atom stereocenters. The summed E-state index contributed by atoms with van der Waals surface area (Å²) in [4.78, 5) is 0. The number of benzene rings is 2. The average Bonchev–Trinajstić information content (AvgIpc) is 2.40. The molecule has 1 nitrogen and oxygen atoms in total. The van der Waals surface area contributed by atoms with Crippen molar-refractivity contribution >= 4 is 11.6 Å². The molecule has 0 saturated carbocycles. The Morgan fingerprint density at radius 1 is 1.05 bits per heavy atom. The molecule has 0 saturated heterocycles. The van der Waals surface area contributed by atoms with Crippen LogP contribution in [0, 0.1) is 6.92 Å². The van der Waals surface area contributed by atoms with Gasteiger partial charge < -0.3 is 5.73 Å². The van der Waals surface area contributed by atoms with Gasteiger partial charge in [0.2, 0.25) is 0 Å². The highest BCUT2D eigenvalue weighted by Gasteiger charge is 2.30. The molecule has 0 bridgehead atoms. The van der Waals surface area contributed by atoms with Gasteiger partial charge in [-0.25, -0.2) is 0 Å². The van der Waals surface area contributed by atoms with Crippen LogP contribution in [0.15, 0.2) is 42.5 Å². The van der Waals surface area contributed by atoms with E-state index in [1.807, 2.05) is 6.92 Å². The minimum atomic E-state index is -4.37. The lowest BCUT2D eigenvalue weighted by atomic mass is 9.97. The minimum absolute atomic E-state index is 0.418. The molecule has 0 fully saturated rings. The molecule has 0 radical (unpaired) electrons. The quantitative estimate of drug-likeness (QED) is 0.853. The van der Waals surface area contributed by atoms with Crippen molar-refractivity contribution in [1.82, 2.24) is 0 Å². The van der Waals surface area contributed by atoms with E-state index in [1.165, 1.54) is 6.07 Å². The van der Waals surface area contributed by atoms with Crippen LogP contribution < -0.4 is 5.73 Å². The Balaban J connectivity index is 2.38. The highest BCUT2D eigenvalue weighted by atomic mass is 35.5. The van der Waals surface area contributed by atoms with Gasteiger partial charge in [0.25, 0.3) is 0 Å². The van der Waals surface area contributed by atoms with Crippen LogP contribution in [0.5, 0.6) is 0 Å². The molecule has 0 spiro atoms. The van der Waals surface area contributed by atoms with Crippen LogP contribution in [0.3, 0.4) is 0 Å². The molecular formula is C15H13ClF3N. The van der Waals surface area contributed by atoms with Gasteiger partial charge in [-0.15, -0.1) is 0 Å². The van der Waals surface area contributed by atoms with E-state index in [2.05, 4.69) is 0 Å². The third-order valence-corrected chi connectivity index (χ3v) is 3.54. The van der Waals surface area contributed by atoms with Crippen molar-refractivity contribution in [1.29, 1.82) is 0 Å². The predicted octanol–water partition coefficient (Wildman–Crippen LogP) is 4.72. The van der Waals surface area contributed by atoms with Crippen molar-refractivity contribution < 1.29 is 13.2 Å². The largest absolute Gasteiger partial charge is 0.416 e. The van der Waals surface area contributed by atoms with Crippen molar-refractivity contribution in [2.45, 2.75) is 19.1 Å². The van der Waals surface area contributed by atoms with E-state index in [9.17, 15) is 13.2 Å². The fraction of sp³-hybridized carbons (Fsp3) is 0.200. The van der Waals surface area contributed by atoms with Gasteiger partial charge in [0, 0.05) is 5.02 Å². The van der Waals surface area contributed by atoms with Gasteiger partial charge in [0.15, 0.2) is 0 Å². The lowest BCUT2D eigenvalue weighted by Crippen LogP contribution is -2.14. The minimum Gasteiger partial charge on any atom is -0.320 e. The molecular weight excluding hydrogens is 287 g/mol. The van der Waals surface area contributed by atoms with E-state index < -0.39 is 17.8 Å². The molecule has 2 N–H and O–H groups in total. The summed E-state index contributed by atoms with van der Waals surface area (Å²) in [6.07, 6.45) is -4.37. The maximum atomic E-state index is 12.7. The fourth-order valence-electron chi connectivity index (χ4n) is 1.96. The zero-order chi connectivity index (χ0) is 14.9. The number of alkyl halides is 3. The highest BCUT2D eigenvalue weighted by molar-refractivity contribution is 6.31. The monoisotopic (exact) mass is 299 g/mol. The molecule has 0 aromatic heterocycles. The second kappa shape index (κ2) is 5.46. The lowest BCUT2D eigenvalue weighted by Gasteiger charge is -2.16. The first-order chi connectivity index (χ1) is 9.29. The van der Waals surface area contributed by atoms with Gasteiger partial charge >= 0.3 is 6.18 Å². The zero-order valence-electron chi connectivity index (χ0n) is 10.7. The molecule has 0 amide bonds. The van der Waals surface area contributed by atoms with Crippen LogP contribution in [-0.2, 0) is 6.18 Å². The summed E-state index contributed by atoms with van der Waals surface area (Å²) in [7, 11) is 0. The van der Waals surface area contributed by atoms with E-state index in [4.69, 9.17) is 17.3 Å². The van der Waals surface area contributed by atoms with Crippen LogP contribution in [0.4, 0.5) is 13.2 Å². The molecule has 5 heteroatoms. The van der Waals surface area contributed by atoms with Crippen LogP contribution in [0.1, 0.15) is 28.3 Å². The fourth-order valence-corrected chi connectivity index (χ4v) is 2.08. The van der Waals surface area contributed by atoms with Gasteiger partial charge in [0.1, 0.15) is 0 Å². The Labute approximate surface area is 120 Å². The number of halogens is 4. The Kier molecular flexibility index (Phi) is 4.06. The lowest BCUT2D eigenvalue weighted by molar-refractivity contribution is -0.137. The highest BCUT2D eigenvalue weighted by Crippen LogP contribution is 2.32. The maximum Gasteiger partial charge on any atom is 0.416 e. The first-order valence-electron chi connectivity index (χ1n) is 5.98. The molecule has 20 heavy (non-hydrogen) atoms. The first-order valence-corrected chi connectivity index (χ1v) is 6.35. The van der Waals surface area contributed by atoms with Gasteiger partial charge in [-0.05, 0) is 41.8 Å². The van der Waals surface area contributed by atoms with Crippen LogP contribution in [0.25, 0.3) is 0 Å². The van der Waals surface area contributed by atoms with Crippen molar-refractivity contribution in [2.24, 2.45) is 5.73 Å². The van der Waals surface area contributed by atoms with Crippen molar-refractivity contribution in [3.05, 3.63) is 69.7 Å². The Morgan fingerprint density at radius 3 is 2.30 bits per heavy atom. The number of rotatable bonds is 2. The summed E-state index contributed by atoms with van der Waals surface area (Å²) in [6.45, 7) is 1.82. The normalized spacial score (nSPS) is 13.3. The van der Waals surface area contributed by atoms with Crippen molar-refractivity contribution in [3.63, 3.8) is 0 Å². The number of hydrogen-bond donors (Lipinski definition) is 1. The summed E-state index contributed by atoms with van der Waals surface area (Å²) < 4.78 is 38.1. The Morgan fingerprint density at radius 2 is 1.70 bits per heavy atom. The number of hydrogen-bond acceptors (Lipinski definition) is 1. The second-order valence-corrected chi connectivity index (χ2v) is 5.02. The van der Waals surface area contributed by atoms with Gasteiger partial charge in [-0.1, -0.05) is 35.9 Å². The summed E-state index contributed by atoms with van der Waals surface area (Å²) in [5, 5.41) is 0.602. The third kappa shape index (κ3) is 3.14. The third-order valence-electron chi connectivity index (χ3n) is 3.11. The topological polar surface area (TPSA) is 26.0 Å². The van der Waals surface area contributed by atoms with Gasteiger partial charge in [-0.3, -0.25) is 0 Å². The molecule has 2 aromatic rings. The standard InChI is InChI=1S/C15H13ClF3N/c1-9-7-11(5-6-13(9)16)14(20)10-3-2-4-12(8-10)15(17,18)19/h2-8,14H,20H2,1H3. The summed E-state index contributed by atoms with van der Waals surface area (Å²) in [5.41, 5.74) is 7.32. The van der Waals surface area contributed by atoms with E-state index in [0.29, 0.717) is 10.6 Å². The van der Waals surface area contributed by atoms with Gasteiger partial charge in [0.05, 0.1) is 11.6 Å². The van der Waals surface area contributed by atoms with Crippen LogP contribution >= 0.6 is 11.6 Å². The van der Waals surface area contributed by atoms with E-state index in [0.717, 1.165) is 23.3 Å². The predicted molar refractivity (Wildman–Crippen MR) is 73.7 cm³/mol. The summed E-state index contributed by atoms with van der Waals surface area (Å²) in [5.74, 6) is 0. The molecule has 0 aliphatic rings. The zero-order valence-corrected chi connectivity index (χ0v) is 11.5. The van der Waals surface area contributed by atoms with Gasteiger partial charge in [-0.2, -0.15) is 13.2 Å². The smallest absolute Gasteiger partial charge is 0.320 e. The van der Waals surface area contributed by atoms with E-state index in [1.54, 1.807) is 24.3 Å². The Bertz CT molecular complexity index is 623. The maximum absolute atomic E-state index is 12.7. The van der Waals surface area contributed by atoms with E-state index in [-0.39, 0.29) is 0 Å². The number of aryl methyl sites for hydroxylation is 1. The molecule has 1 atom stereocenters. The van der Waals surface area contributed by atoms with Crippen molar-refractivity contribution in [2.75, 3.05) is 0 Å². The molecule has 0 aliphatic carbocycles. The average molecular weight is 300 g/mol. The first kappa shape index (κ1) is 14.9. The van der Waals surface area contributed by atoms with E-state index >= 15 is 0 Å². The second-order valence-electron chi connectivity index (χ2n) is 4.61. The summed E-state index contributed by atoms with van der Waals surface area (Å²) >= 11 is 5.93. The molecule has 0 heterocycles. The summed E-state index contributed by atoms with van der Waals surface area (Å²) in [6, 6.07) is 9.64. The molecule has 106 valence electrons. The SMILES string of the molecule is Cc1cc(C(N)c2cccc(C(F)(F)F)c2)ccc1Cl. The number of nitrogens with two attached hydrogens (primary N) is 1. The van der Waals surface area contributed by atoms with Crippen LogP contribution in [-0.4, -0.2) is 0 Å². The molecule has 0 aliphatic heterocycles. The Hall–Kier alpha value is -1.52. The van der Waals surface area contributed by atoms with Crippen molar-refractivity contribution in [3.8, 4) is 0 Å².